The molecule has 0 radical (unpaired) electrons. The second kappa shape index (κ2) is 10.1. The van der Waals surface area contributed by atoms with E-state index in [1.165, 1.54) is 0 Å². The molecule has 1 amide bonds. The number of carbonyl (C=O) groups is 1. The van der Waals surface area contributed by atoms with Crippen LogP contribution in [-0.2, 0) is 14.1 Å². The lowest BCUT2D eigenvalue weighted by atomic mass is 10.2. The van der Waals surface area contributed by atoms with Crippen molar-refractivity contribution < 1.29 is 23.9 Å². The zero-order valence-electron chi connectivity index (χ0n) is 11.4. The van der Waals surface area contributed by atoms with Crippen LogP contribution < -0.4 is 5.32 Å². The molecule has 0 heterocycles. The predicted octanol–water partition coefficient (Wildman–Crippen LogP) is 1.43. The molecule has 0 aromatic carbocycles. The highest BCUT2D eigenvalue weighted by molar-refractivity contribution is 7.51. The summed E-state index contributed by atoms with van der Waals surface area (Å²) in [6.07, 6.45) is 3.49. The van der Waals surface area contributed by atoms with Gasteiger partial charge in [0.1, 0.15) is 0 Å². The second-order valence-electron chi connectivity index (χ2n) is 4.45. The van der Waals surface area contributed by atoms with Crippen LogP contribution in [0.25, 0.3) is 0 Å². The van der Waals surface area contributed by atoms with Crippen molar-refractivity contribution in [2.75, 3.05) is 25.9 Å². The van der Waals surface area contributed by atoms with Crippen LogP contribution >= 0.6 is 7.60 Å². The van der Waals surface area contributed by atoms with Crippen LogP contribution in [0.2, 0.25) is 0 Å². The number of carbonyl (C=O) groups excluding carboxylic acids is 1. The fourth-order valence-electron chi connectivity index (χ4n) is 1.32. The van der Waals surface area contributed by atoms with Gasteiger partial charge in [0.2, 0.25) is 5.91 Å². The molecule has 0 aliphatic rings. The van der Waals surface area contributed by atoms with Gasteiger partial charge in [-0.1, -0.05) is 19.4 Å². The smallest absolute Gasteiger partial charge is 0.327 e. The fourth-order valence-corrected chi connectivity index (χ4v) is 1.69. The first-order chi connectivity index (χ1) is 8.83. The van der Waals surface area contributed by atoms with Crippen molar-refractivity contribution in [2.24, 2.45) is 0 Å². The van der Waals surface area contributed by atoms with E-state index < -0.39 is 7.60 Å². The van der Waals surface area contributed by atoms with E-state index in [1.807, 2.05) is 0 Å². The molecule has 3 N–H and O–H groups in total. The number of ether oxygens (including phenoxy) is 1. The lowest BCUT2D eigenvalue weighted by Crippen LogP contribution is -2.24. The van der Waals surface area contributed by atoms with Crippen molar-refractivity contribution in [2.45, 2.75) is 32.6 Å². The van der Waals surface area contributed by atoms with Crippen LogP contribution in [0.15, 0.2) is 12.2 Å². The molecule has 0 saturated carbocycles. The minimum Gasteiger partial charge on any atom is -0.381 e. The molecule has 112 valence electrons. The minimum absolute atomic E-state index is 0.0962. The molecule has 0 aromatic rings. The van der Waals surface area contributed by atoms with Crippen LogP contribution in [0.3, 0.4) is 0 Å². The van der Waals surface area contributed by atoms with E-state index >= 15 is 0 Å². The van der Waals surface area contributed by atoms with Gasteiger partial charge in [-0.2, -0.15) is 0 Å². The molecule has 6 nitrogen and oxygen atoms in total. The standard InChI is InChI=1S/C12H24NO5P/c1-11(2)12(14)13-7-5-3-4-6-8-18-9-10-19(15,16)17/h1,3-10H2,2H3,(H,13,14)(H2,15,16,17). The molecule has 0 aromatic heterocycles. The molecular formula is C12H24NO5P. The molecule has 0 aliphatic heterocycles. The van der Waals surface area contributed by atoms with E-state index in [1.54, 1.807) is 6.92 Å². The highest BCUT2D eigenvalue weighted by Crippen LogP contribution is 2.33. The van der Waals surface area contributed by atoms with Gasteiger partial charge in [-0.05, 0) is 19.8 Å². The molecule has 0 spiro atoms. The third-order valence-electron chi connectivity index (χ3n) is 2.42. The SMILES string of the molecule is C=C(C)C(=O)NCCCCCCOCCP(=O)(O)O. The largest absolute Gasteiger partial charge is 0.381 e. The van der Waals surface area contributed by atoms with Crippen LogP contribution in [-0.4, -0.2) is 41.6 Å². The van der Waals surface area contributed by atoms with Crippen molar-refractivity contribution in [3.8, 4) is 0 Å². The number of hydrogen-bond acceptors (Lipinski definition) is 3. The van der Waals surface area contributed by atoms with Gasteiger partial charge in [-0.25, -0.2) is 0 Å². The molecule has 7 heteroatoms. The Morgan fingerprint density at radius 2 is 1.84 bits per heavy atom. The molecule has 0 atom stereocenters. The lowest BCUT2D eigenvalue weighted by molar-refractivity contribution is -0.117. The van der Waals surface area contributed by atoms with E-state index in [-0.39, 0.29) is 18.7 Å². The summed E-state index contributed by atoms with van der Waals surface area (Å²) in [6.45, 7) is 6.47. The number of nitrogens with one attached hydrogen (secondary N) is 1. The molecule has 0 rings (SSSR count). The van der Waals surface area contributed by atoms with Crippen molar-refractivity contribution in [1.29, 1.82) is 0 Å². The fraction of sp³-hybridized carbons (Fsp3) is 0.750. The number of amides is 1. The maximum absolute atomic E-state index is 11.1. The van der Waals surface area contributed by atoms with E-state index in [2.05, 4.69) is 11.9 Å². The number of unbranched alkanes of at least 4 members (excludes halogenated alkanes) is 3. The monoisotopic (exact) mass is 293 g/mol. The van der Waals surface area contributed by atoms with Gasteiger partial charge < -0.3 is 19.8 Å². The number of rotatable bonds is 11. The highest BCUT2D eigenvalue weighted by atomic mass is 31.2. The van der Waals surface area contributed by atoms with Gasteiger partial charge in [0.15, 0.2) is 0 Å². The van der Waals surface area contributed by atoms with Crippen LogP contribution in [0.5, 0.6) is 0 Å². The maximum atomic E-state index is 11.1. The Morgan fingerprint density at radius 1 is 1.21 bits per heavy atom. The maximum Gasteiger partial charge on any atom is 0.327 e. The lowest BCUT2D eigenvalue weighted by Gasteiger charge is -2.06. The van der Waals surface area contributed by atoms with Gasteiger partial charge in [-0.15, -0.1) is 0 Å². The van der Waals surface area contributed by atoms with Crippen LogP contribution in [0.4, 0.5) is 0 Å². The molecule has 0 aliphatic carbocycles. The average Bonchev–Trinajstić information content (AvgIpc) is 2.29. The summed E-state index contributed by atoms with van der Waals surface area (Å²) < 4.78 is 15.6. The first kappa shape index (κ1) is 18.3. The van der Waals surface area contributed by atoms with Crippen molar-refractivity contribution in [3.63, 3.8) is 0 Å². The summed E-state index contributed by atoms with van der Waals surface area (Å²) in [4.78, 5) is 28.3. The Morgan fingerprint density at radius 3 is 2.42 bits per heavy atom. The summed E-state index contributed by atoms with van der Waals surface area (Å²) in [6, 6.07) is 0. The number of hydrogen-bond donors (Lipinski definition) is 3. The quantitative estimate of drug-likeness (QED) is 0.304. The van der Waals surface area contributed by atoms with Crippen molar-refractivity contribution in [1.82, 2.24) is 5.32 Å². The Labute approximate surface area is 114 Å². The third-order valence-corrected chi connectivity index (χ3v) is 3.18. The molecule has 0 bridgehead atoms. The Balaban J connectivity index is 3.22. The van der Waals surface area contributed by atoms with Gasteiger partial charge in [0.25, 0.3) is 0 Å². The van der Waals surface area contributed by atoms with Crippen molar-refractivity contribution in [3.05, 3.63) is 12.2 Å². The molecule has 19 heavy (non-hydrogen) atoms. The predicted molar refractivity (Wildman–Crippen MR) is 74.0 cm³/mol. The van der Waals surface area contributed by atoms with Crippen LogP contribution in [0.1, 0.15) is 32.6 Å². The van der Waals surface area contributed by atoms with Crippen molar-refractivity contribution >= 4 is 13.5 Å². The molecule has 0 fully saturated rings. The molecule has 0 saturated heterocycles. The normalized spacial score (nSPS) is 11.3. The Kier molecular flexibility index (Phi) is 9.79. The van der Waals surface area contributed by atoms with Crippen LogP contribution in [0, 0.1) is 0 Å². The van der Waals surface area contributed by atoms with E-state index in [9.17, 15) is 9.36 Å². The molecule has 0 unspecified atom stereocenters. The van der Waals surface area contributed by atoms with Gasteiger partial charge in [0, 0.05) is 18.7 Å². The zero-order chi connectivity index (χ0) is 14.7. The first-order valence-electron chi connectivity index (χ1n) is 6.39. The Bertz CT molecular complexity index is 326. The van der Waals surface area contributed by atoms with Gasteiger partial charge in [-0.3, -0.25) is 9.36 Å². The molecular weight excluding hydrogens is 269 g/mol. The third kappa shape index (κ3) is 13.6. The average molecular weight is 293 g/mol. The summed E-state index contributed by atoms with van der Waals surface area (Å²) in [5, 5.41) is 2.75. The van der Waals surface area contributed by atoms with Gasteiger partial charge in [0.05, 0.1) is 12.8 Å². The van der Waals surface area contributed by atoms with E-state index in [0.29, 0.717) is 18.7 Å². The minimum atomic E-state index is -3.93. The second-order valence-corrected chi connectivity index (χ2v) is 6.23. The first-order valence-corrected chi connectivity index (χ1v) is 8.18. The summed E-state index contributed by atoms with van der Waals surface area (Å²) >= 11 is 0. The Hall–Kier alpha value is -0.680. The zero-order valence-corrected chi connectivity index (χ0v) is 12.3. The highest BCUT2D eigenvalue weighted by Gasteiger charge is 2.11. The summed E-state index contributed by atoms with van der Waals surface area (Å²) in [5.74, 6) is -0.110. The van der Waals surface area contributed by atoms with E-state index in [0.717, 1.165) is 25.7 Å². The summed E-state index contributed by atoms with van der Waals surface area (Å²) in [7, 11) is -3.93. The summed E-state index contributed by atoms with van der Waals surface area (Å²) in [5.41, 5.74) is 0.512. The topological polar surface area (TPSA) is 95.9 Å². The van der Waals surface area contributed by atoms with E-state index in [4.69, 9.17) is 14.5 Å². The van der Waals surface area contributed by atoms with Gasteiger partial charge >= 0.3 is 7.60 Å².